The van der Waals surface area contributed by atoms with Crippen LogP contribution in [0.4, 0.5) is 4.79 Å². The van der Waals surface area contributed by atoms with Crippen molar-refractivity contribution >= 4 is 17.9 Å². The van der Waals surface area contributed by atoms with Gasteiger partial charge in [0.25, 0.3) is 5.91 Å². The van der Waals surface area contributed by atoms with Gasteiger partial charge in [-0.3, -0.25) is 9.59 Å². The number of carbonyl (C=O) groups excluding carboxylic acids is 3. The average molecular weight is 457 g/mol. The normalized spacial score (nSPS) is 16.2. The molecule has 0 radical (unpaired) electrons. The smallest absolute Gasteiger partial charge is 0.407 e. The summed E-state index contributed by atoms with van der Waals surface area (Å²) in [6.07, 6.45) is 2.56. The van der Waals surface area contributed by atoms with Crippen LogP contribution in [0.15, 0.2) is 36.5 Å². The summed E-state index contributed by atoms with van der Waals surface area (Å²) in [7, 11) is 0. The highest BCUT2D eigenvalue weighted by Gasteiger charge is 2.30. The number of amides is 3. The molecule has 3 rings (SSSR count). The predicted octanol–water partition coefficient (Wildman–Crippen LogP) is 1.82. The largest absolute Gasteiger partial charge is 0.444 e. The fourth-order valence-electron chi connectivity index (χ4n) is 3.59. The Hall–Kier alpha value is -3.43. The summed E-state index contributed by atoms with van der Waals surface area (Å²) in [6, 6.07) is 9.82. The summed E-state index contributed by atoms with van der Waals surface area (Å²) in [5, 5.41) is 13.5. The van der Waals surface area contributed by atoms with Crippen molar-refractivity contribution in [3.05, 3.63) is 47.8 Å². The lowest BCUT2D eigenvalue weighted by Gasteiger charge is -2.31. The molecule has 10 nitrogen and oxygen atoms in total. The molecule has 1 aliphatic rings. The van der Waals surface area contributed by atoms with E-state index in [1.54, 1.807) is 36.5 Å². The zero-order valence-electron chi connectivity index (χ0n) is 19.4. The van der Waals surface area contributed by atoms with E-state index in [0.29, 0.717) is 26.1 Å². The molecule has 2 heterocycles. The Morgan fingerprint density at radius 1 is 1.12 bits per heavy atom. The molecule has 3 amide bonds. The van der Waals surface area contributed by atoms with Gasteiger partial charge in [0.1, 0.15) is 5.60 Å². The number of alkyl carbamates (subject to hydrolysis) is 1. The third-order valence-corrected chi connectivity index (χ3v) is 5.12. The van der Waals surface area contributed by atoms with Crippen LogP contribution in [0, 0.1) is 5.92 Å². The number of aromatic nitrogens is 3. The van der Waals surface area contributed by atoms with E-state index in [1.807, 2.05) is 30.3 Å². The molecule has 0 bridgehead atoms. The highest BCUT2D eigenvalue weighted by Crippen LogP contribution is 2.18. The Morgan fingerprint density at radius 3 is 2.58 bits per heavy atom. The van der Waals surface area contributed by atoms with Crippen LogP contribution in [0.25, 0.3) is 0 Å². The molecule has 2 N–H and O–H groups in total. The topological polar surface area (TPSA) is 118 Å². The first-order valence-electron chi connectivity index (χ1n) is 11.2. The summed E-state index contributed by atoms with van der Waals surface area (Å²) in [5.74, 6) is -0.659. The maximum Gasteiger partial charge on any atom is 0.407 e. The van der Waals surface area contributed by atoms with Crippen molar-refractivity contribution < 1.29 is 19.1 Å². The Kier molecular flexibility index (Phi) is 8.02. The van der Waals surface area contributed by atoms with Gasteiger partial charge in [-0.25, -0.2) is 9.48 Å². The lowest BCUT2D eigenvalue weighted by Crippen LogP contribution is -2.46. The number of piperidine rings is 1. The molecule has 10 heteroatoms. The van der Waals surface area contributed by atoms with E-state index >= 15 is 0 Å². The molecule has 1 saturated heterocycles. The van der Waals surface area contributed by atoms with Gasteiger partial charge in [-0.2, -0.15) is 0 Å². The first-order valence-corrected chi connectivity index (χ1v) is 11.2. The number of carbonyl (C=O) groups is 3. The predicted molar refractivity (Wildman–Crippen MR) is 121 cm³/mol. The SMILES string of the molecule is CC(C)(C)OC(=O)NCCNC(=O)C1CCCN(C(=O)c2cn(Cc3ccccc3)nn2)C1. The van der Waals surface area contributed by atoms with E-state index in [9.17, 15) is 14.4 Å². The summed E-state index contributed by atoms with van der Waals surface area (Å²) < 4.78 is 6.79. The molecule has 0 saturated carbocycles. The van der Waals surface area contributed by atoms with Gasteiger partial charge in [-0.15, -0.1) is 5.10 Å². The summed E-state index contributed by atoms with van der Waals surface area (Å²) >= 11 is 0. The first-order chi connectivity index (χ1) is 15.7. The summed E-state index contributed by atoms with van der Waals surface area (Å²) in [6.45, 7) is 7.35. The Labute approximate surface area is 193 Å². The number of hydrogen-bond donors (Lipinski definition) is 2. The second kappa shape index (κ2) is 10.9. The number of nitrogens with one attached hydrogen (secondary N) is 2. The maximum absolute atomic E-state index is 12.9. The molecule has 1 atom stereocenters. The minimum absolute atomic E-state index is 0.133. The van der Waals surface area contributed by atoms with Crippen molar-refractivity contribution in [1.82, 2.24) is 30.5 Å². The molecule has 33 heavy (non-hydrogen) atoms. The summed E-state index contributed by atoms with van der Waals surface area (Å²) in [4.78, 5) is 38.8. The van der Waals surface area contributed by atoms with Crippen LogP contribution >= 0.6 is 0 Å². The molecule has 178 valence electrons. The Bertz CT molecular complexity index is 953. The van der Waals surface area contributed by atoms with E-state index < -0.39 is 11.7 Å². The lowest BCUT2D eigenvalue weighted by atomic mass is 9.97. The van der Waals surface area contributed by atoms with Gasteiger partial charge >= 0.3 is 6.09 Å². The zero-order chi connectivity index (χ0) is 23.8. The highest BCUT2D eigenvalue weighted by atomic mass is 16.6. The van der Waals surface area contributed by atoms with Crippen LogP contribution < -0.4 is 10.6 Å². The summed E-state index contributed by atoms with van der Waals surface area (Å²) in [5.41, 5.74) is 0.768. The van der Waals surface area contributed by atoms with Crippen LogP contribution in [0.3, 0.4) is 0 Å². The van der Waals surface area contributed by atoms with Crippen molar-refractivity contribution in [1.29, 1.82) is 0 Å². The van der Waals surface area contributed by atoms with Gasteiger partial charge in [0.15, 0.2) is 5.69 Å². The van der Waals surface area contributed by atoms with E-state index in [0.717, 1.165) is 12.0 Å². The minimum atomic E-state index is -0.571. The molecule has 2 aromatic rings. The second-order valence-electron chi connectivity index (χ2n) is 9.10. The van der Waals surface area contributed by atoms with Crippen molar-refractivity contribution in [3.8, 4) is 0 Å². The third kappa shape index (κ3) is 7.58. The van der Waals surface area contributed by atoms with Crippen LogP contribution in [-0.2, 0) is 16.1 Å². The van der Waals surface area contributed by atoms with Crippen LogP contribution in [0.1, 0.15) is 49.7 Å². The van der Waals surface area contributed by atoms with Gasteiger partial charge in [0, 0.05) is 26.2 Å². The van der Waals surface area contributed by atoms with Crippen molar-refractivity contribution in [2.45, 2.75) is 45.8 Å². The molecule has 1 aliphatic heterocycles. The average Bonchev–Trinajstić information content (AvgIpc) is 3.24. The highest BCUT2D eigenvalue weighted by molar-refractivity contribution is 5.92. The van der Waals surface area contributed by atoms with Crippen LogP contribution in [-0.4, -0.2) is 69.6 Å². The third-order valence-electron chi connectivity index (χ3n) is 5.12. The van der Waals surface area contributed by atoms with Gasteiger partial charge in [0.05, 0.1) is 18.7 Å². The van der Waals surface area contributed by atoms with E-state index in [1.165, 1.54) is 0 Å². The van der Waals surface area contributed by atoms with Gasteiger partial charge in [0.2, 0.25) is 5.91 Å². The van der Waals surface area contributed by atoms with Crippen LogP contribution in [0.2, 0.25) is 0 Å². The Balaban J connectivity index is 1.45. The quantitative estimate of drug-likeness (QED) is 0.614. The number of benzene rings is 1. The fourth-order valence-corrected chi connectivity index (χ4v) is 3.59. The van der Waals surface area contributed by atoms with E-state index in [4.69, 9.17) is 4.74 Å². The van der Waals surface area contributed by atoms with Gasteiger partial charge < -0.3 is 20.3 Å². The van der Waals surface area contributed by atoms with Crippen molar-refractivity contribution in [2.24, 2.45) is 5.92 Å². The van der Waals surface area contributed by atoms with Crippen molar-refractivity contribution in [2.75, 3.05) is 26.2 Å². The zero-order valence-corrected chi connectivity index (χ0v) is 19.4. The maximum atomic E-state index is 12.9. The van der Waals surface area contributed by atoms with Gasteiger partial charge in [-0.1, -0.05) is 35.5 Å². The molecule has 1 fully saturated rings. The molecule has 1 unspecified atom stereocenters. The van der Waals surface area contributed by atoms with E-state index in [2.05, 4.69) is 20.9 Å². The molecular weight excluding hydrogens is 424 g/mol. The Morgan fingerprint density at radius 2 is 1.85 bits per heavy atom. The lowest BCUT2D eigenvalue weighted by molar-refractivity contribution is -0.126. The number of ether oxygens (including phenoxy) is 1. The van der Waals surface area contributed by atoms with Crippen molar-refractivity contribution in [3.63, 3.8) is 0 Å². The first kappa shape index (κ1) is 24.2. The fraction of sp³-hybridized carbons (Fsp3) is 0.522. The number of nitrogens with zero attached hydrogens (tertiary/aromatic N) is 4. The number of likely N-dealkylation sites (tertiary alicyclic amines) is 1. The standard InChI is InChI=1S/C23H32N6O4/c1-23(2,3)33-22(32)25-12-11-24-20(30)18-10-7-13-28(15-18)21(31)19-16-29(27-26-19)14-17-8-5-4-6-9-17/h4-6,8-9,16,18H,7,10-15H2,1-3H3,(H,24,30)(H,25,32). The number of hydrogen-bond acceptors (Lipinski definition) is 6. The molecular formula is C23H32N6O4. The van der Waals surface area contributed by atoms with Crippen LogP contribution in [0.5, 0.6) is 0 Å². The van der Waals surface area contributed by atoms with Gasteiger partial charge in [-0.05, 0) is 39.2 Å². The number of rotatable bonds is 7. The molecule has 1 aromatic heterocycles. The monoisotopic (exact) mass is 456 g/mol. The minimum Gasteiger partial charge on any atom is -0.444 e. The van der Waals surface area contributed by atoms with E-state index in [-0.39, 0.29) is 36.5 Å². The molecule has 0 aliphatic carbocycles. The molecule has 0 spiro atoms. The second-order valence-corrected chi connectivity index (χ2v) is 9.10. The molecule has 1 aromatic carbocycles.